The molecule has 4 heteroatoms. The fourth-order valence-electron chi connectivity index (χ4n) is 1.96. The molecule has 1 aromatic heterocycles. The van der Waals surface area contributed by atoms with E-state index in [0.29, 0.717) is 5.56 Å². The number of benzene rings is 1. The van der Waals surface area contributed by atoms with Crippen molar-refractivity contribution in [2.75, 3.05) is 0 Å². The van der Waals surface area contributed by atoms with Crippen molar-refractivity contribution in [1.29, 1.82) is 5.26 Å². The molecule has 0 N–H and O–H groups in total. The molecule has 0 saturated carbocycles. The quantitative estimate of drug-likeness (QED) is 0.491. The third kappa shape index (κ3) is 5.73. The fourth-order valence-corrected chi connectivity index (χ4v) is 1.96. The van der Waals surface area contributed by atoms with Gasteiger partial charge >= 0.3 is 20.1 Å². The smallest absolute Gasteiger partial charge is 0.817 e. The number of nitrogens with zero attached hydrogens (tertiary/aromatic N) is 3. The van der Waals surface area contributed by atoms with E-state index in [1.54, 1.807) is 12.3 Å². The summed E-state index contributed by atoms with van der Waals surface area (Å²) in [5.41, 5.74) is 4.95. The molecular formula is C18H18IrN3. The van der Waals surface area contributed by atoms with Crippen molar-refractivity contribution < 1.29 is 20.1 Å². The van der Waals surface area contributed by atoms with Gasteiger partial charge in [-0.2, -0.15) is 5.26 Å². The van der Waals surface area contributed by atoms with Crippen LogP contribution in [0.2, 0.25) is 0 Å². The Balaban J connectivity index is 0. The average Bonchev–Trinajstić information content (AvgIpc) is 2.58. The summed E-state index contributed by atoms with van der Waals surface area (Å²) < 4.78 is 0. The maximum absolute atomic E-state index is 8.90. The first-order valence-corrected chi connectivity index (χ1v) is 6.35. The van der Waals surface area contributed by atoms with E-state index in [0.717, 1.165) is 17.7 Å². The zero-order valence-corrected chi connectivity index (χ0v) is 15.2. The Hall–Kier alpha value is -2.08. The number of nitriles is 1. The second-order valence-electron chi connectivity index (χ2n) is 3.91. The van der Waals surface area contributed by atoms with E-state index in [9.17, 15) is 0 Å². The normalized spacial score (nSPS) is 8.05. The number of aromatic nitrogens is 1. The summed E-state index contributed by atoms with van der Waals surface area (Å²) in [7, 11) is 0. The summed E-state index contributed by atoms with van der Waals surface area (Å²) in [5.74, 6) is 0. The van der Waals surface area contributed by atoms with Gasteiger partial charge in [0, 0.05) is 11.8 Å². The van der Waals surface area contributed by atoms with Crippen molar-refractivity contribution in [2.45, 2.75) is 20.3 Å². The van der Waals surface area contributed by atoms with Crippen LogP contribution >= 0.6 is 0 Å². The minimum absolute atomic E-state index is 0. The summed E-state index contributed by atoms with van der Waals surface area (Å²) in [6, 6.07) is 12.8. The molecule has 114 valence electrons. The number of hydrogen-bond donors (Lipinski definition) is 0. The van der Waals surface area contributed by atoms with Gasteiger partial charge in [-0.1, -0.05) is 26.3 Å². The van der Waals surface area contributed by atoms with Crippen LogP contribution in [0.4, 0.5) is 0 Å². The number of rotatable bonds is 2. The van der Waals surface area contributed by atoms with Gasteiger partial charge in [0.1, 0.15) is 0 Å². The Morgan fingerprint density at radius 1 is 1.36 bits per heavy atom. The molecule has 0 fully saturated rings. The first kappa shape index (κ1) is 22.2. The monoisotopic (exact) mass is 469 g/mol. The molecule has 0 atom stereocenters. The van der Waals surface area contributed by atoms with Gasteiger partial charge in [-0.15, -0.1) is 34.9 Å². The molecule has 0 radical (unpaired) electrons. The maximum Gasteiger partial charge on any atom is 3.00 e. The van der Waals surface area contributed by atoms with Crippen LogP contribution < -0.4 is 0 Å². The van der Waals surface area contributed by atoms with E-state index in [-0.39, 0.29) is 20.1 Å². The largest absolute Gasteiger partial charge is 3.00 e. The minimum Gasteiger partial charge on any atom is -0.817 e. The van der Waals surface area contributed by atoms with Crippen molar-refractivity contribution in [1.82, 2.24) is 4.98 Å². The molecule has 22 heavy (non-hydrogen) atoms. The molecule has 2 rings (SSSR count). The van der Waals surface area contributed by atoms with Gasteiger partial charge in [0.25, 0.3) is 0 Å². The van der Waals surface area contributed by atoms with Crippen molar-refractivity contribution in [3.8, 4) is 17.3 Å². The van der Waals surface area contributed by atoms with Crippen LogP contribution in [-0.4, -0.2) is 11.7 Å². The van der Waals surface area contributed by atoms with Crippen molar-refractivity contribution in [2.24, 2.45) is 0 Å². The van der Waals surface area contributed by atoms with E-state index in [1.807, 2.05) is 12.1 Å². The molecule has 1 aromatic carbocycles. The fraction of sp³-hybridized carbons (Fsp3) is 0.167. The number of pyridine rings is 1. The van der Waals surface area contributed by atoms with Gasteiger partial charge < -0.3 is 17.0 Å². The van der Waals surface area contributed by atoms with Gasteiger partial charge in [-0.25, -0.2) is 6.72 Å². The predicted molar refractivity (Wildman–Crippen MR) is 87.7 cm³/mol. The third-order valence-electron chi connectivity index (χ3n) is 2.84. The molecule has 2 aromatic rings. The van der Waals surface area contributed by atoms with E-state index in [1.165, 1.54) is 11.1 Å². The zero-order valence-electron chi connectivity index (χ0n) is 12.8. The van der Waals surface area contributed by atoms with Gasteiger partial charge in [0.2, 0.25) is 0 Å². The summed E-state index contributed by atoms with van der Waals surface area (Å²) >= 11 is 0. The number of aryl methyl sites for hydroxylation is 1. The Kier molecular flexibility index (Phi) is 12.8. The van der Waals surface area contributed by atoms with Crippen LogP contribution in [0, 0.1) is 30.9 Å². The average molecular weight is 469 g/mol. The number of hydrogen-bond acceptors (Lipinski definition) is 2. The summed E-state index contributed by atoms with van der Waals surface area (Å²) in [6.45, 7) is 13.5. The summed E-state index contributed by atoms with van der Waals surface area (Å²) in [4.78, 5) is 4.32. The molecule has 0 aliphatic heterocycles. The zero-order chi connectivity index (χ0) is 16.3. The van der Waals surface area contributed by atoms with Crippen molar-refractivity contribution in [3.05, 3.63) is 71.8 Å². The molecule has 0 amide bonds. The van der Waals surface area contributed by atoms with Gasteiger partial charge in [0.05, 0.1) is 6.07 Å². The Morgan fingerprint density at radius 2 is 2.00 bits per heavy atom. The molecule has 0 unspecified atom stereocenters. The molecule has 0 spiro atoms. The van der Waals surface area contributed by atoms with Crippen LogP contribution in [0.15, 0.2) is 37.0 Å². The topological polar surface area (TPSA) is 59.0 Å². The summed E-state index contributed by atoms with van der Waals surface area (Å²) in [5, 5.41) is 15.7. The van der Waals surface area contributed by atoms with Crippen molar-refractivity contribution >= 4 is 6.72 Å². The second-order valence-corrected chi connectivity index (χ2v) is 3.91. The van der Waals surface area contributed by atoms with Gasteiger partial charge in [-0.3, -0.25) is 6.58 Å². The Bertz CT molecular complexity index is 616. The van der Waals surface area contributed by atoms with Gasteiger partial charge in [-0.05, 0) is 11.8 Å². The molecule has 1 heterocycles. The van der Waals surface area contributed by atoms with E-state index in [4.69, 9.17) is 10.7 Å². The molecular weight excluding hydrogens is 450 g/mol. The molecule has 3 nitrogen and oxygen atoms in total. The van der Waals surface area contributed by atoms with Crippen LogP contribution in [-0.2, 0) is 26.5 Å². The van der Waals surface area contributed by atoms with Crippen LogP contribution in [0.5, 0.6) is 0 Å². The van der Waals surface area contributed by atoms with E-state index in [2.05, 4.69) is 56.9 Å². The Morgan fingerprint density at radius 3 is 2.55 bits per heavy atom. The molecule has 0 aliphatic rings. The predicted octanol–water partition coefficient (Wildman–Crippen LogP) is 4.15. The van der Waals surface area contributed by atoms with Gasteiger partial charge in [0.15, 0.2) is 0 Å². The van der Waals surface area contributed by atoms with E-state index >= 15 is 0 Å². The SMILES string of the molecule is C=[N-].CCc1c(-c2cc(C#N)ccn2)[c-]ccc1C.[CH-]=C.[Ir+3]. The van der Waals surface area contributed by atoms with Crippen molar-refractivity contribution in [3.63, 3.8) is 0 Å². The Labute approximate surface area is 146 Å². The molecule has 0 saturated heterocycles. The maximum atomic E-state index is 8.90. The van der Waals surface area contributed by atoms with Crippen LogP contribution in [0.1, 0.15) is 23.6 Å². The second kappa shape index (κ2) is 12.6. The molecule has 0 aliphatic carbocycles. The first-order valence-electron chi connectivity index (χ1n) is 6.35. The minimum atomic E-state index is 0. The summed E-state index contributed by atoms with van der Waals surface area (Å²) in [6.07, 6.45) is 2.61. The van der Waals surface area contributed by atoms with Crippen LogP contribution in [0.3, 0.4) is 0 Å². The molecule has 0 bridgehead atoms. The van der Waals surface area contributed by atoms with E-state index < -0.39 is 0 Å². The standard InChI is InChI=1S/C15H13N2.C2H3.CH2N.Ir/c1-3-13-11(2)5-4-6-14(13)15-9-12(10-16)7-8-17-15;2*1-2;/h4-5,7-9H,3H2,1-2H3;1H,2H2;1H2;/q3*-1;+3. The first-order chi connectivity index (χ1) is 10.3. The van der Waals surface area contributed by atoms with Crippen LogP contribution in [0.25, 0.3) is 16.7 Å². The third-order valence-corrected chi connectivity index (χ3v) is 2.84.